The van der Waals surface area contributed by atoms with Gasteiger partial charge in [0.2, 0.25) is 6.33 Å². The van der Waals surface area contributed by atoms with Gasteiger partial charge >= 0.3 is 17.1 Å². The zero-order valence-electron chi connectivity index (χ0n) is 10.0. The van der Waals surface area contributed by atoms with Crippen LogP contribution in [0.4, 0.5) is 0 Å². The van der Waals surface area contributed by atoms with Gasteiger partial charge in [0.05, 0.1) is 13.6 Å². The van der Waals surface area contributed by atoms with E-state index in [2.05, 4.69) is 41.8 Å². The van der Waals surface area contributed by atoms with E-state index in [0.717, 1.165) is 0 Å². The van der Waals surface area contributed by atoms with Crippen LogP contribution in [0.1, 0.15) is 32.6 Å². The van der Waals surface area contributed by atoms with Crippen LogP contribution in [0.3, 0.4) is 0 Å². The zero-order chi connectivity index (χ0) is 8.81. The average Bonchev–Trinajstić information content (AvgIpc) is 2.45. The predicted octanol–water partition coefficient (Wildman–Crippen LogP) is -10.1. The van der Waals surface area contributed by atoms with Crippen molar-refractivity contribution < 1.29 is 71.3 Å². The number of imidazole rings is 1. The molecule has 0 saturated carbocycles. The van der Waals surface area contributed by atoms with E-state index in [1.54, 1.807) is 0 Å². The van der Waals surface area contributed by atoms with E-state index in [1.807, 2.05) is 0 Å². The number of rotatable bonds is 5. The third kappa shape index (κ3) is 14.8. The molecular formula is C10H19Cl4FeN2. The van der Waals surface area contributed by atoms with Crippen LogP contribution in [0, 0.1) is 0 Å². The van der Waals surface area contributed by atoms with Gasteiger partial charge in [-0.3, -0.25) is 0 Å². The maximum atomic E-state index is 2.25. The molecule has 1 aromatic heterocycles. The Morgan fingerprint density at radius 3 is 2.00 bits per heavy atom. The van der Waals surface area contributed by atoms with E-state index >= 15 is 0 Å². The van der Waals surface area contributed by atoms with Crippen molar-refractivity contribution in [2.24, 2.45) is 7.05 Å². The second kappa shape index (κ2) is 19.2. The molecule has 17 heavy (non-hydrogen) atoms. The van der Waals surface area contributed by atoms with Crippen LogP contribution in [-0.2, 0) is 30.7 Å². The molecule has 0 amide bonds. The standard InChI is InChI=1S/C10H19N2.4ClH.Fe/c1-3-4-5-6-7-12-9-8-11(2)10-12;;;;;/h8-10H,3-7H2,1-2H3;4*1H;/q+1;;;;;+3/p-4. The maximum Gasteiger partial charge on any atom is 3.00 e. The van der Waals surface area contributed by atoms with Crippen LogP contribution >= 0.6 is 0 Å². The molecule has 105 valence electrons. The van der Waals surface area contributed by atoms with Crippen LogP contribution < -0.4 is 54.2 Å². The first-order chi connectivity index (χ1) is 5.83. The summed E-state index contributed by atoms with van der Waals surface area (Å²) in [5.74, 6) is 0. The van der Waals surface area contributed by atoms with Gasteiger partial charge in [0.15, 0.2) is 0 Å². The zero-order valence-corrected chi connectivity index (χ0v) is 14.2. The minimum Gasteiger partial charge on any atom is -1.00 e. The Bertz CT molecular complexity index is 234. The first-order valence-corrected chi connectivity index (χ1v) is 4.84. The Labute approximate surface area is 140 Å². The SMILES string of the molecule is CCCCCCn1cc[n+](C)c1.[Cl-].[Cl-].[Cl-].[Cl-].[Fe+3]. The second-order valence-corrected chi connectivity index (χ2v) is 3.38. The Morgan fingerprint density at radius 2 is 1.59 bits per heavy atom. The quantitative estimate of drug-likeness (QED) is 0.279. The number of aromatic nitrogens is 2. The molecule has 0 unspecified atom stereocenters. The summed E-state index contributed by atoms with van der Waals surface area (Å²) in [6.07, 6.45) is 11.7. The number of unbranched alkanes of at least 4 members (excludes halogenated alkanes) is 3. The van der Waals surface area contributed by atoms with Gasteiger partial charge in [-0.2, -0.15) is 0 Å². The molecule has 0 bridgehead atoms. The van der Waals surface area contributed by atoms with Crippen molar-refractivity contribution in [3.05, 3.63) is 18.7 Å². The molecule has 0 atom stereocenters. The predicted molar refractivity (Wildman–Crippen MR) is 49.8 cm³/mol. The number of hydrogen-bond acceptors (Lipinski definition) is 0. The van der Waals surface area contributed by atoms with Crippen molar-refractivity contribution in [2.45, 2.75) is 39.2 Å². The van der Waals surface area contributed by atoms with Crippen molar-refractivity contribution in [1.29, 1.82) is 0 Å². The fourth-order valence-corrected chi connectivity index (χ4v) is 1.36. The molecule has 0 N–H and O–H groups in total. The van der Waals surface area contributed by atoms with Gasteiger partial charge in [-0.1, -0.05) is 19.8 Å². The molecule has 1 rings (SSSR count). The number of hydrogen-bond donors (Lipinski definition) is 0. The van der Waals surface area contributed by atoms with Crippen LogP contribution in [-0.4, -0.2) is 4.57 Å². The Kier molecular flexibility index (Phi) is 34.8. The largest absolute Gasteiger partial charge is 3.00 e. The maximum absolute atomic E-state index is 2.25. The molecule has 0 saturated heterocycles. The summed E-state index contributed by atoms with van der Waals surface area (Å²) in [7, 11) is 2.06. The Balaban J connectivity index is -0.0000000960. The molecule has 0 aromatic carbocycles. The van der Waals surface area contributed by atoms with Crippen LogP contribution in [0.5, 0.6) is 0 Å². The second-order valence-electron chi connectivity index (χ2n) is 3.38. The van der Waals surface area contributed by atoms with Crippen molar-refractivity contribution in [2.75, 3.05) is 0 Å². The van der Waals surface area contributed by atoms with Gasteiger partial charge in [0.25, 0.3) is 0 Å². The summed E-state index contributed by atoms with van der Waals surface area (Å²) in [4.78, 5) is 0. The van der Waals surface area contributed by atoms with E-state index in [-0.39, 0.29) is 66.7 Å². The molecule has 0 aliphatic rings. The number of halogens is 4. The topological polar surface area (TPSA) is 8.81 Å². The van der Waals surface area contributed by atoms with E-state index in [1.165, 1.54) is 32.2 Å². The molecule has 1 radical (unpaired) electrons. The van der Waals surface area contributed by atoms with Gasteiger partial charge < -0.3 is 49.6 Å². The molecule has 0 spiro atoms. The monoisotopic (exact) mass is 363 g/mol. The third-order valence-corrected chi connectivity index (χ3v) is 2.09. The molecule has 0 fully saturated rings. The summed E-state index contributed by atoms with van der Waals surface area (Å²) < 4.78 is 4.33. The molecule has 2 nitrogen and oxygen atoms in total. The third-order valence-electron chi connectivity index (χ3n) is 2.09. The van der Waals surface area contributed by atoms with Crippen molar-refractivity contribution in [3.8, 4) is 0 Å². The fraction of sp³-hybridized carbons (Fsp3) is 0.700. The van der Waals surface area contributed by atoms with Gasteiger partial charge in [0.1, 0.15) is 12.4 Å². The smallest absolute Gasteiger partial charge is 1.00 e. The number of nitrogens with zero attached hydrogens (tertiary/aromatic N) is 2. The van der Waals surface area contributed by atoms with Gasteiger partial charge in [-0.25, -0.2) is 9.13 Å². The van der Waals surface area contributed by atoms with Gasteiger partial charge in [-0.05, 0) is 12.8 Å². The van der Waals surface area contributed by atoms with E-state index in [9.17, 15) is 0 Å². The Hall–Kier alpha value is 0.889. The molecular weight excluding hydrogens is 346 g/mol. The van der Waals surface area contributed by atoms with Gasteiger partial charge in [0, 0.05) is 0 Å². The molecule has 7 heteroatoms. The molecule has 1 aromatic rings. The average molecular weight is 365 g/mol. The van der Waals surface area contributed by atoms with Crippen LogP contribution in [0.25, 0.3) is 0 Å². The summed E-state index contributed by atoms with van der Waals surface area (Å²) in [5, 5.41) is 0. The van der Waals surface area contributed by atoms with E-state index in [4.69, 9.17) is 0 Å². The minimum absolute atomic E-state index is 0. The van der Waals surface area contributed by atoms with Crippen molar-refractivity contribution >= 4 is 0 Å². The van der Waals surface area contributed by atoms with Crippen LogP contribution in [0.15, 0.2) is 18.7 Å². The summed E-state index contributed by atoms with van der Waals surface area (Å²) in [5.41, 5.74) is 0. The van der Waals surface area contributed by atoms with Crippen molar-refractivity contribution in [3.63, 3.8) is 0 Å². The minimum atomic E-state index is 0. The van der Waals surface area contributed by atoms with Crippen molar-refractivity contribution in [1.82, 2.24) is 4.57 Å². The summed E-state index contributed by atoms with van der Waals surface area (Å²) in [6, 6.07) is 0. The first kappa shape index (κ1) is 30.7. The molecule has 0 aliphatic carbocycles. The van der Waals surface area contributed by atoms with E-state index in [0.29, 0.717) is 0 Å². The van der Waals surface area contributed by atoms with E-state index < -0.39 is 0 Å². The normalized spacial score (nSPS) is 7.41. The number of aryl methyl sites for hydroxylation is 2. The molecule has 1 heterocycles. The summed E-state index contributed by atoms with van der Waals surface area (Å²) in [6.45, 7) is 3.41. The fourth-order valence-electron chi connectivity index (χ4n) is 1.36. The summed E-state index contributed by atoms with van der Waals surface area (Å²) >= 11 is 0. The molecule has 0 aliphatic heterocycles. The van der Waals surface area contributed by atoms with Gasteiger partial charge in [-0.15, -0.1) is 0 Å². The van der Waals surface area contributed by atoms with Crippen LogP contribution in [0.2, 0.25) is 0 Å². The Morgan fingerprint density at radius 1 is 1.00 bits per heavy atom. The first-order valence-electron chi connectivity index (χ1n) is 4.84.